The number of carbonyl (C=O) groups excluding carboxylic acids is 3. The number of methoxy groups -OCH3 is 2. The maximum atomic E-state index is 12.9. The summed E-state index contributed by atoms with van der Waals surface area (Å²) in [5.74, 6) is -1.71. The summed E-state index contributed by atoms with van der Waals surface area (Å²) >= 11 is 0. The van der Waals surface area contributed by atoms with Crippen molar-refractivity contribution in [3.63, 3.8) is 0 Å². The fraction of sp³-hybridized carbons (Fsp3) is 0.500. The van der Waals surface area contributed by atoms with Crippen molar-refractivity contribution in [1.29, 1.82) is 0 Å². The van der Waals surface area contributed by atoms with Crippen LogP contribution in [0.1, 0.15) is 55.4 Å². The zero-order chi connectivity index (χ0) is 34.5. The third-order valence-corrected chi connectivity index (χ3v) is 8.61. The average Bonchev–Trinajstić information content (AvgIpc) is 3.62. The molecule has 0 unspecified atom stereocenters. The largest absolute Gasteiger partial charge is 0.493 e. The minimum Gasteiger partial charge on any atom is -0.493 e. The van der Waals surface area contributed by atoms with Crippen molar-refractivity contribution in [1.82, 2.24) is 14.5 Å². The number of rotatable bonds is 15. The normalized spacial score (nSPS) is 14.9. The van der Waals surface area contributed by atoms with E-state index in [-0.39, 0.29) is 24.7 Å². The van der Waals surface area contributed by atoms with Gasteiger partial charge < -0.3 is 33.9 Å². The minimum atomic E-state index is -3.71. The highest BCUT2D eigenvalue weighted by atomic mass is 32.2. The van der Waals surface area contributed by atoms with E-state index in [1.54, 1.807) is 9.80 Å². The lowest BCUT2D eigenvalue weighted by atomic mass is 10.1. The van der Waals surface area contributed by atoms with E-state index in [1.165, 1.54) is 28.1 Å². The van der Waals surface area contributed by atoms with Gasteiger partial charge in [0.05, 0.1) is 39.6 Å². The summed E-state index contributed by atoms with van der Waals surface area (Å²) in [5.41, 5.74) is 3.60. The number of carboxylic acid groups (broad SMARTS) is 1. The van der Waals surface area contributed by atoms with E-state index in [0.717, 1.165) is 28.5 Å². The first-order valence-corrected chi connectivity index (χ1v) is 17.0. The predicted molar refractivity (Wildman–Crippen MR) is 168 cm³/mol. The van der Waals surface area contributed by atoms with Crippen molar-refractivity contribution in [2.24, 2.45) is 11.8 Å². The van der Waals surface area contributed by atoms with Crippen molar-refractivity contribution in [2.75, 3.05) is 33.7 Å². The van der Waals surface area contributed by atoms with Crippen LogP contribution >= 0.6 is 0 Å². The number of carbonyl (C=O) groups is 4. The monoisotopic (exact) mass is 675 g/mol. The number of aliphatic carboxylic acids is 1. The number of hydrogen-bond donors (Lipinski definition) is 2. The van der Waals surface area contributed by atoms with Crippen LogP contribution in [0.25, 0.3) is 0 Å². The van der Waals surface area contributed by atoms with E-state index < -0.39 is 33.7 Å². The standard InChI is InChI=1S/C32H41N3O11S/c1-19(31(38)33-47(5,41)42)9-29(36)34-15-21-11-25(43-3)27(13-23(21)17-34)45-7-6-8-46-28-14-24-18-35(16-22(24)12-26(28)44-4)30(37)10-20(2)32(39)40/h11-14,19-20H,6-10,15-18H2,1-5H3,(H,33,38)(H,39,40)/t19-,20-/m0/s1. The highest BCUT2D eigenvalue weighted by Gasteiger charge is 2.30. The first-order valence-electron chi connectivity index (χ1n) is 15.1. The molecule has 0 aromatic heterocycles. The fourth-order valence-electron chi connectivity index (χ4n) is 5.38. The lowest BCUT2D eigenvalue weighted by Crippen LogP contribution is -2.36. The summed E-state index contributed by atoms with van der Waals surface area (Å²) in [5, 5.41) is 9.13. The van der Waals surface area contributed by atoms with Gasteiger partial charge in [0, 0.05) is 51.4 Å². The molecule has 2 atom stereocenters. The lowest BCUT2D eigenvalue weighted by molar-refractivity contribution is -0.145. The van der Waals surface area contributed by atoms with Crippen LogP contribution < -0.4 is 23.7 Å². The number of fused-ring (bicyclic) bond motifs is 2. The Balaban J connectivity index is 1.29. The number of nitrogens with one attached hydrogen (secondary N) is 1. The summed E-state index contributed by atoms with van der Waals surface area (Å²) in [6, 6.07) is 7.33. The first-order chi connectivity index (χ1) is 22.2. The molecule has 0 saturated heterocycles. The smallest absolute Gasteiger partial charge is 0.306 e. The van der Waals surface area contributed by atoms with Gasteiger partial charge in [-0.15, -0.1) is 0 Å². The second kappa shape index (κ2) is 14.9. The fourth-order valence-corrected chi connectivity index (χ4v) is 5.94. The van der Waals surface area contributed by atoms with Crippen molar-refractivity contribution >= 4 is 33.7 Å². The second-order valence-electron chi connectivity index (χ2n) is 11.9. The molecule has 2 N–H and O–H groups in total. The number of amides is 3. The highest BCUT2D eigenvalue weighted by molar-refractivity contribution is 7.89. The van der Waals surface area contributed by atoms with Crippen LogP contribution in [0.3, 0.4) is 0 Å². The summed E-state index contributed by atoms with van der Waals surface area (Å²) in [7, 11) is -0.648. The molecule has 0 saturated carbocycles. The molecule has 0 radical (unpaired) electrons. The molecule has 3 amide bonds. The Kier molecular flexibility index (Phi) is 11.2. The van der Waals surface area contributed by atoms with E-state index in [0.29, 0.717) is 68.8 Å². The Hall–Kier alpha value is -4.53. The van der Waals surface area contributed by atoms with Crippen LogP contribution in [0.4, 0.5) is 0 Å². The van der Waals surface area contributed by atoms with Crippen LogP contribution in [-0.2, 0) is 55.4 Å². The van der Waals surface area contributed by atoms with E-state index >= 15 is 0 Å². The quantitative estimate of drug-likeness (QED) is 0.265. The molecule has 2 aliphatic rings. The molecule has 4 rings (SSSR count). The van der Waals surface area contributed by atoms with E-state index in [9.17, 15) is 27.6 Å². The van der Waals surface area contributed by atoms with Crippen molar-refractivity contribution < 1.29 is 51.6 Å². The van der Waals surface area contributed by atoms with Crippen molar-refractivity contribution in [2.45, 2.75) is 59.3 Å². The Bertz CT molecular complexity index is 1640. The number of sulfonamides is 1. The molecule has 0 fully saturated rings. The Morgan fingerprint density at radius 1 is 0.745 bits per heavy atom. The molecule has 256 valence electrons. The summed E-state index contributed by atoms with van der Waals surface area (Å²) in [6.07, 6.45) is 1.21. The SMILES string of the molecule is COc1cc2c(cc1OCCCOc1cc3c(cc1OC)CN(C(=O)C[C@H](C)C(=O)NS(C)(=O)=O)C3)CN(C(=O)C[C@H](C)C(=O)O)C2. The van der Waals surface area contributed by atoms with Gasteiger partial charge in [-0.05, 0) is 46.5 Å². The van der Waals surface area contributed by atoms with Crippen molar-refractivity contribution in [3.8, 4) is 23.0 Å². The molecule has 2 aromatic rings. The summed E-state index contributed by atoms with van der Waals surface area (Å²) < 4.78 is 47.7. The third kappa shape index (κ3) is 9.05. The van der Waals surface area contributed by atoms with Gasteiger partial charge in [0.15, 0.2) is 23.0 Å². The van der Waals surface area contributed by atoms with Gasteiger partial charge in [0.25, 0.3) is 0 Å². The number of hydrogen-bond acceptors (Lipinski definition) is 10. The van der Waals surface area contributed by atoms with Crippen LogP contribution in [0.5, 0.6) is 23.0 Å². The Labute approximate surface area is 274 Å². The zero-order valence-corrected chi connectivity index (χ0v) is 28.0. The zero-order valence-electron chi connectivity index (χ0n) is 27.2. The van der Waals surface area contributed by atoms with Gasteiger partial charge in [-0.25, -0.2) is 8.42 Å². The third-order valence-electron chi connectivity index (χ3n) is 8.04. The van der Waals surface area contributed by atoms with Gasteiger partial charge >= 0.3 is 5.97 Å². The maximum Gasteiger partial charge on any atom is 0.306 e. The minimum absolute atomic E-state index is 0.0659. The molecule has 2 aliphatic heterocycles. The van der Waals surface area contributed by atoms with Crippen LogP contribution in [-0.4, -0.2) is 80.7 Å². The number of carboxylic acids is 1. The number of nitrogens with zero attached hydrogens (tertiary/aromatic N) is 2. The molecule has 0 spiro atoms. The highest BCUT2D eigenvalue weighted by Crippen LogP contribution is 2.37. The lowest BCUT2D eigenvalue weighted by Gasteiger charge is -2.18. The number of ether oxygens (including phenoxy) is 4. The van der Waals surface area contributed by atoms with E-state index in [2.05, 4.69) is 0 Å². The van der Waals surface area contributed by atoms with Gasteiger partial charge in [-0.1, -0.05) is 13.8 Å². The van der Waals surface area contributed by atoms with E-state index in [4.69, 9.17) is 24.1 Å². The van der Waals surface area contributed by atoms with Gasteiger partial charge in [-0.3, -0.25) is 23.9 Å². The van der Waals surface area contributed by atoms with Crippen LogP contribution in [0.15, 0.2) is 24.3 Å². The maximum absolute atomic E-state index is 12.9. The molecule has 2 aromatic carbocycles. The molecule has 0 aliphatic carbocycles. The first kappa shape index (κ1) is 35.3. The molecule has 15 heteroatoms. The van der Waals surface area contributed by atoms with Gasteiger partial charge in [-0.2, -0.15) is 0 Å². The molecule has 47 heavy (non-hydrogen) atoms. The summed E-state index contributed by atoms with van der Waals surface area (Å²) in [4.78, 5) is 52.0. The Morgan fingerprint density at radius 2 is 1.13 bits per heavy atom. The van der Waals surface area contributed by atoms with Crippen LogP contribution in [0, 0.1) is 11.8 Å². The summed E-state index contributed by atoms with van der Waals surface area (Å²) in [6.45, 7) is 5.02. The van der Waals surface area contributed by atoms with E-state index in [1.807, 2.05) is 29.0 Å². The molecular formula is C32H41N3O11S. The van der Waals surface area contributed by atoms with Crippen molar-refractivity contribution in [3.05, 3.63) is 46.5 Å². The molecule has 0 bridgehead atoms. The van der Waals surface area contributed by atoms with Gasteiger partial charge in [0.1, 0.15) is 0 Å². The van der Waals surface area contributed by atoms with Gasteiger partial charge in [0.2, 0.25) is 27.7 Å². The second-order valence-corrected chi connectivity index (χ2v) is 13.6. The molecule has 14 nitrogen and oxygen atoms in total. The Morgan fingerprint density at radius 3 is 1.49 bits per heavy atom. The average molecular weight is 676 g/mol. The molecule has 2 heterocycles. The molecular weight excluding hydrogens is 634 g/mol. The number of benzene rings is 2. The predicted octanol–water partition coefficient (Wildman–Crippen LogP) is 2.45. The topological polar surface area (TPSA) is 178 Å². The van der Waals surface area contributed by atoms with Crippen LogP contribution in [0.2, 0.25) is 0 Å².